The first-order chi connectivity index (χ1) is 6.51. The van der Waals surface area contributed by atoms with E-state index in [1.165, 1.54) is 0 Å². The lowest BCUT2D eigenvalue weighted by Gasteiger charge is -1.96. The Kier molecular flexibility index (Phi) is 3.37. The molecule has 1 saturated carbocycles. The van der Waals surface area contributed by atoms with Crippen molar-refractivity contribution in [3.8, 4) is 0 Å². The summed E-state index contributed by atoms with van der Waals surface area (Å²) in [6.45, 7) is 4.16. The summed E-state index contributed by atoms with van der Waals surface area (Å²) in [6.07, 6.45) is 1.56. The smallest absolute Gasteiger partial charge is 0.307 e. The molecule has 2 atom stereocenters. The molecule has 1 N–H and O–H groups in total. The molecule has 5 heteroatoms. The average molecular weight is 220 g/mol. The molecule has 1 aliphatic carbocycles. The Morgan fingerprint density at radius 1 is 1.71 bits per heavy atom. The minimum Gasteiger partial charge on any atom is -0.481 e. The molecule has 0 radical (unpaired) electrons. The van der Waals surface area contributed by atoms with Gasteiger partial charge in [0.1, 0.15) is 6.61 Å². The monoisotopic (exact) mass is 219 g/mol. The molecule has 1 fully saturated rings. The quantitative estimate of drug-likeness (QED) is 0.331. The molecule has 0 unspecified atom stereocenters. The van der Waals surface area contributed by atoms with Gasteiger partial charge in [0.15, 0.2) is 0 Å². The highest BCUT2D eigenvalue weighted by atomic mass is 35.5. The van der Waals surface area contributed by atoms with E-state index in [2.05, 4.69) is 5.16 Å². The van der Waals surface area contributed by atoms with E-state index in [-0.39, 0.29) is 17.3 Å². The Bertz CT molecular complexity index is 252. The van der Waals surface area contributed by atoms with Gasteiger partial charge in [0.2, 0.25) is 0 Å². The van der Waals surface area contributed by atoms with Crippen molar-refractivity contribution in [2.75, 3.05) is 12.5 Å². The number of carboxylic acid groups (broad SMARTS) is 1. The minimum absolute atomic E-state index is 0.0321. The molecule has 0 saturated heterocycles. The van der Waals surface area contributed by atoms with Gasteiger partial charge in [0.25, 0.3) is 0 Å². The number of hydrogen-bond donors (Lipinski definition) is 1. The van der Waals surface area contributed by atoms with Crippen LogP contribution in [0.4, 0.5) is 0 Å². The minimum atomic E-state index is -0.774. The van der Waals surface area contributed by atoms with E-state index in [9.17, 15) is 4.79 Å². The van der Waals surface area contributed by atoms with E-state index in [1.807, 2.05) is 13.8 Å². The first kappa shape index (κ1) is 11.3. The van der Waals surface area contributed by atoms with Crippen molar-refractivity contribution < 1.29 is 14.7 Å². The summed E-state index contributed by atoms with van der Waals surface area (Å²) >= 11 is 5.37. The zero-order valence-corrected chi connectivity index (χ0v) is 8.99. The Hall–Kier alpha value is -0.770. The Balaban J connectivity index is 2.41. The Morgan fingerprint density at radius 2 is 2.36 bits per heavy atom. The average Bonchev–Trinajstić information content (AvgIpc) is 2.62. The summed E-state index contributed by atoms with van der Waals surface area (Å²) < 4.78 is 0. The van der Waals surface area contributed by atoms with Crippen molar-refractivity contribution in [1.82, 2.24) is 0 Å². The molecule has 14 heavy (non-hydrogen) atoms. The van der Waals surface area contributed by atoms with Crippen molar-refractivity contribution in [3.63, 3.8) is 0 Å². The Labute approximate surface area is 87.9 Å². The third-order valence-corrected chi connectivity index (χ3v) is 2.80. The van der Waals surface area contributed by atoms with Crippen molar-refractivity contribution in [3.05, 3.63) is 0 Å². The molecular weight excluding hydrogens is 206 g/mol. The highest BCUT2D eigenvalue weighted by molar-refractivity contribution is 6.17. The van der Waals surface area contributed by atoms with Crippen molar-refractivity contribution in [1.29, 1.82) is 0 Å². The van der Waals surface area contributed by atoms with Gasteiger partial charge < -0.3 is 9.94 Å². The fraction of sp³-hybridized carbons (Fsp3) is 0.778. The van der Waals surface area contributed by atoms with E-state index < -0.39 is 5.97 Å². The van der Waals surface area contributed by atoms with Crippen LogP contribution in [0.3, 0.4) is 0 Å². The number of alkyl halides is 1. The number of carbonyl (C=O) groups is 1. The topological polar surface area (TPSA) is 58.9 Å². The molecule has 0 aromatic rings. The maximum Gasteiger partial charge on any atom is 0.307 e. The lowest BCUT2D eigenvalue weighted by atomic mass is 10.1. The predicted octanol–water partition coefficient (Wildman–Crippen LogP) is 1.58. The van der Waals surface area contributed by atoms with Crippen LogP contribution in [0.15, 0.2) is 5.16 Å². The van der Waals surface area contributed by atoms with Gasteiger partial charge in [-0.15, -0.1) is 11.6 Å². The molecule has 0 amide bonds. The zero-order chi connectivity index (χ0) is 10.8. The number of hydrogen-bond acceptors (Lipinski definition) is 3. The molecule has 4 nitrogen and oxygen atoms in total. The van der Waals surface area contributed by atoms with Gasteiger partial charge in [-0.25, -0.2) is 0 Å². The van der Waals surface area contributed by atoms with E-state index in [0.29, 0.717) is 12.5 Å². The number of aliphatic carboxylic acids is 1. The third-order valence-electron chi connectivity index (χ3n) is 2.64. The van der Waals surface area contributed by atoms with Crippen LogP contribution in [-0.4, -0.2) is 29.8 Å². The zero-order valence-electron chi connectivity index (χ0n) is 8.24. The lowest BCUT2D eigenvalue weighted by Crippen LogP contribution is -2.03. The molecule has 0 aromatic carbocycles. The van der Waals surface area contributed by atoms with E-state index in [0.717, 1.165) is 0 Å². The van der Waals surface area contributed by atoms with Crippen LogP contribution in [0.2, 0.25) is 0 Å². The first-order valence-corrected chi connectivity index (χ1v) is 4.99. The highest BCUT2D eigenvalue weighted by Crippen LogP contribution is 2.57. The molecule has 80 valence electrons. The summed E-state index contributed by atoms with van der Waals surface area (Å²) in [5.74, 6) is -0.765. The van der Waals surface area contributed by atoms with Crippen LogP contribution in [-0.2, 0) is 9.63 Å². The number of oxime groups is 1. The van der Waals surface area contributed by atoms with Crippen LogP contribution < -0.4 is 0 Å². The standard InChI is InChI=1S/C9H14ClNO3/c1-9(2)6(7(9)8(12)13)5-11-14-4-3-10/h5-7H,3-4H2,1-2H3,(H,12,13)/t6-,7+/m1/s1. The van der Waals surface area contributed by atoms with E-state index >= 15 is 0 Å². The van der Waals surface area contributed by atoms with Gasteiger partial charge in [-0.3, -0.25) is 4.79 Å². The van der Waals surface area contributed by atoms with Crippen molar-refractivity contribution in [2.24, 2.45) is 22.4 Å². The summed E-state index contributed by atoms with van der Waals surface area (Å²) in [7, 11) is 0. The van der Waals surface area contributed by atoms with Crippen LogP contribution in [0.25, 0.3) is 0 Å². The summed E-state index contributed by atoms with van der Waals surface area (Å²) in [6, 6.07) is 0. The van der Waals surface area contributed by atoms with Gasteiger partial charge in [-0.05, 0) is 5.41 Å². The van der Waals surface area contributed by atoms with Gasteiger partial charge in [-0.1, -0.05) is 19.0 Å². The second-order valence-corrected chi connectivity index (χ2v) is 4.32. The summed E-state index contributed by atoms with van der Waals surface area (Å²) in [5, 5.41) is 12.5. The van der Waals surface area contributed by atoms with Crippen LogP contribution in [0, 0.1) is 17.3 Å². The van der Waals surface area contributed by atoms with Crippen LogP contribution in [0.1, 0.15) is 13.8 Å². The first-order valence-electron chi connectivity index (χ1n) is 4.46. The van der Waals surface area contributed by atoms with Crippen LogP contribution >= 0.6 is 11.6 Å². The van der Waals surface area contributed by atoms with Gasteiger partial charge in [0, 0.05) is 12.1 Å². The van der Waals surface area contributed by atoms with E-state index in [4.69, 9.17) is 21.5 Å². The molecule has 0 aliphatic heterocycles. The number of rotatable bonds is 5. The Morgan fingerprint density at radius 3 is 2.79 bits per heavy atom. The SMILES string of the molecule is CC1(C)[C@H](C=NOCCCl)[C@H]1C(=O)O. The van der Waals surface area contributed by atoms with Gasteiger partial charge in [0.05, 0.1) is 11.8 Å². The molecular formula is C9H14ClNO3. The fourth-order valence-electron chi connectivity index (χ4n) is 1.62. The maximum atomic E-state index is 10.8. The fourth-order valence-corrected chi connectivity index (χ4v) is 1.69. The third kappa shape index (κ3) is 2.18. The summed E-state index contributed by atoms with van der Waals surface area (Å²) in [4.78, 5) is 15.6. The molecule has 0 heterocycles. The number of nitrogens with zero attached hydrogens (tertiary/aromatic N) is 1. The highest BCUT2D eigenvalue weighted by Gasteiger charge is 2.61. The van der Waals surface area contributed by atoms with Gasteiger partial charge >= 0.3 is 5.97 Å². The predicted molar refractivity (Wildman–Crippen MR) is 53.6 cm³/mol. The molecule has 0 bridgehead atoms. The normalized spacial score (nSPS) is 29.1. The second kappa shape index (κ2) is 4.17. The van der Waals surface area contributed by atoms with Crippen molar-refractivity contribution >= 4 is 23.8 Å². The number of carboxylic acids is 1. The van der Waals surface area contributed by atoms with Crippen LogP contribution in [0.5, 0.6) is 0 Å². The maximum absolute atomic E-state index is 10.8. The molecule has 0 spiro atoms. The van der Waals surface area contributed by atoms with Gasteiger partial charge in [-0.2, -0.15) is 0 Å². The lowest BCUT2D eigenvalue weighted by molar-refractivity contribution is -0.139. The molecule has 1 aliphatic rings. The largest absolute Gasteiger partial charge is 0.481 e. The molecule has 1 rings (SSSR count). The van der Waals surface area contributed by atoms with Crippen molar-refractivity contribution in [2.45, 2.75) is 13.8 Å². The summed E-state index contributed by atoms with van der Waals surface area (Å²) in [5.41, 5.74) is -0.209. The number of halogens is 1. The second-order valence-electron chi connectivity index (χ2n) is 3.94. The molecule has 0 aromatic heterocycles. The van der Waals surface area contributed by atoms with E-state index in [1.54, 1.807) is 6.21 Å².